The van der Waals surface area contributed by atoms with Crippen LogP contribution in [-0.4, -0.2) is 63.7 Å². The van der Waals surface area contributed by atoms with E-state index >= 15 is 0 Å². The van der Waals surface area contributed by atoms with Gasteiger partial charge in [0.15, 0.2) is 0 Å². The summed E-state index contributed by atoms with van der Waals surface area (Å²) in [5.74, 6) is 0.227. The lowest BCUT2D eigenvalue weighted by molar-refractivity contribution is -0.152. The lowest BCUT2D eigenvalue weighted by atomic mass is 10.1. The molecule has 0 rings (SSSR count). The van der Waals surface area contributed by atoms with E-state index in [-0.39, 0.29) is 19.6 Å². The summed E-state index contributed by atoms with van der Waals surface area (Å²) < 4.78 is 28.4. The molecule has 0 spiro atoms. The predicted octanol–water partition coefficient (Wildman–Crippen LogP) is 6.11. The zero-order valence-corrected chi connectivity index (χ0v) is 28.4. The molecule has 1 atom stereocenters. The van der Waals surface area contributed by atoms with Crippen LogP contribution in [0.2, 0.25) is 6.04 Å². The van der Waals surface area contributed by atoms with Crippen LogP contribution < -0.4 is 5.32 Å². The Kier molecular flexibility index (Phi) is 20.0. The van der Waals surface area contributed by atoms with E-state index in [1.807, 2.05) is 20.8 Å². The van der Waals surface area contributed by atoms with E-state index in [1.165, 1.54) is 0 Å². The Morgan fingerprint density at radius 3 is 1.46 bits per heavy atom. The van der Waals surface area contributed by atoms with Gasteiger partial charge in [-0.05, 0) is 84.6 Å². The van der Waals surface area contributed by atoms with Crippen LogP contribution in [-0.2, 0) is 32.6 Å². The van der Waals surface area contributed by atoms with Crippen molar-refractivity contribution in [3.05, 3.63) is 0 Å². The van der Waals surface area contributed by atoms with Gasteiger partial charge in [0, 0.05) is 0 Å². The van der Waals surface area contributed by atoms with Crippen molar-refractivity contribution in [3.8, 4) is 0 Å². The van der Waals surface area contributed by atoms with E-state index in [0.717, 1.165) is 36.4 Å². The summed E-state index contributed by atoms with van der Waals surface area (Å²) in [5, 5.41) is 16.2. The van der Waals surface area contributed by atoms with Crippen LogP contribution >= 0.6 is 0 Å². The van der Waals surface area contributed by atoms with Crippen molar-refractivity contribution in [1.82, 2.24) is 5.32 Å². The fourth-order valence-electron chi connectivity index (χ4n) is 3.96. The molecule has 41 heavy (non-hydrogen) atoms. The van der Waals surface area contributed by atoms with Crippen molar-refractivity contribution < 1.29 is 32.6 Å². The topological polar surface area (TPSA) is 129 Å². The lowest BCUT2D eigenvalue weighted by Crippen LogP contribution is -2.44. The SMILES string of the molecule is CCOC(=O)CC(NCCC[Si](ON=C(C)CC(C)C)(O/N=C(/C)CC(C)C)O/N=C(/C)CC(C)C)C(=O)OCC. The van der Waals surface area contributed by atoms with Crippen molar-refractivity contribution in [2.24, 2.45) is 33.2 Å². The summed E-state index contributed by atoms with van der Waals surface area (Å²) >= 11 is 0. The second-order valence-corrected chi connectivity index (χ2v) is 14.0. The van der Waals surface area contributed by atoms with Crippen LogP contribution in [0.15, 0.2) is 15.5 Å². The molecule has 11 nitrogen and oxygen atoms in total. The highest BCUT2D eigenvalue weighted by Crippen LogP contribution is 2.22. The van der Waals surface area contributed by atoms with Gasteiger partial charge < -0.3 is 28.4 Å². The van der Waals surface area contributed by atoms with Gasteiger partial charge in [-0.3, -0.25) is 9.59 Å². The molecule has 0 aromatic carbocycles. The highest BCUT2D eigenvalue weighted by molar-refractivity contribution is 6.60. The van der Waals surface area contributed by atoms with Gasteiger partial charge in [-0.25, -0.2) is 0 Å². The molecule has 0 aromatic rings. The van der Waals surface area contributed by atoms with Crippen LogP contribution in [0.4, 0.5) is 0 Å². The summed E-state index contributed by atoms with van der Waals surface area (Å²) in [7, 11) is -3.61. The highest BCUT2D eigenvalue weighted by atomic mass is 28.4. The molecule has 0 aliphatic heterocycles. The normalized spacial score (nSPS) is 14.0. The third kappa shape index (κ3) is 19.3. The highest BCUT2D eigenvalue weighted by Gasteiger charge is 2.51. The number of rotatable bonds is 22. The number of ether oxygens (including phenoxy) is 2. The summed E-state index contributed by atoms with van der Waals surface area (Å²) in [4.78, 5) is 24.5. The van der Waals surface area contributed by atoms with Gasteiger partial charge in [-0.1, -0.05) is 41.5 Å². The zero-order valence-electron chi connectivity index (χ0n) is 27.4. The second-order valence-electron chi connectivity index (χ2n) is 11.6. The average molecular weight is 601 g/mol. The van der Waals surface area contributed by atoms with Gasteiger partial charge in [-0.15, -0.1) is 15.5 Å². The summed E-state index contributed by atoms with van der Waals surface area (Å²) in [5.41, 5.74) is 2.43. The maximum absolute atomic E-state index is 12.5. The molecular formula is C29H56N4O7Si. The molecule has 1 N–H and O–H groups in total. The van der Waals surface area contributed by atoms with Crippen LogP contribution in [0, 0.1) is 17.8 Å². The number of nitrogens with one attached hydrogen (secondary N) is 1. The summed E-state index contributed by atoms with van der Waals surface area (Å²) in [6, 6.07) is -0.527. The van der Waals surface area contributed by atoms with Crippen molar-refractivity contribution in [2.45, 2.75) is 120 Å². The minimum absolute atomic E-state index is 0.130. The number of carbonyl (C=O) groups excluding carboxylic acids is 2. The number of oxime groups is 3. The molecule has 0 fully saturated rings. The van der Waals surface area contributed by atoms with Gasteiger partial charge >= 0.3 is 20.7 Å². The second kappa shape index (κ2) is 21.3. The molecule has 0 amide bonds. The van der Waals surface area contributed by atoms with Crippen molar-refractivity contribution in [2.75, 3.05) is 19.8 Å². The van der Waals surface area contributed by atoms with Gasteiger partial charge in [-0.2, -0.15) is 0 Å². The molecule has 0 saturated carbocycles. The number of hydrogen-bond acceptors (Lipinski definition) is 11. The van der Waals surface area contributed by atoms with Crippen molar-refractivity contribution in [1.29, 1.82) is 0 Å². The van der Waals surface area contributed by atoms with E-state index in [9.17, 15) is 9.59 Å². The lowest BCUT2D eigenvalue weighted by Gasteiger charge is -2.23. The summed E-state index contributed by atoms with van der Waals surface area (Å²) in [6.45, 7) is 22.6. The average Bonchev–Trinajstić information content (AvgIpc) is 2.85. The van der Waals surface area contributed by atoms with E-state index in [4.69, 9.17) is 23.1 Å². The van der Waals surface area contributed by atoms with Crippen molar-refractivity contribution >= 4 is 37.9 Å². The molecule has 0 heterocycles. The van der Waals surface area contributed by atoms with Crippen LogP contribution in [0.25, 0.3) is 0 Å². The van der Waals surface area contributed by atoms with Crippen molar-refractivity contribution in [3.63, 3.8) is 0 Å². The first-order chi connectivity index (χ1) is 19.2. The van der Waals surface area contributed by atoms with E-state index in [2.05, 4.69) is 62.3 Å². The van der Waals surface area contributed by atoms with Gasteiger partial charge in [0.1, 0.15) is 6.04 Å². The first kappa shape index (κ1) is 38.5. The number of esters is 2. The molecule has 238 valence electrons. The Labute approximate surface area is 249 Å². The van der Waals surface area contributed by atoms with Gasteiger partial charge in [0.25, 0.3) is 0 Å². The summed E-state index contributed by atoms with van der Waals surface area (Å²) in [6.07, 6.45) is 2.61. The standard InChI is InChI=1S/C29H56N4O7Si/c1-12-36-28(34)20-27(29(35)37-13-2)30-15-14-16-41(38-31-24(9)17-21(3)4,39-32-25(10)18-22(5)6)40-33-26(11)19-23(7)8/h21-23,27,30H,12-20H2,1-11H3/b31-24-,32-25-,33-26?. The molecule has 12 heteroatoms. The Morgan fingerprint density at radius 2 is 1.10 bits per heavy atom. The molecule has 0 aromatic heterocycles. The van der Waals surface area contributed by atoms with Crippen LogP contribution in [0.1, 0.15) is 108 Å². The van der Waals surface area contributed by atoms with Crippen LogP contribution in [0.3, 0.4) is 0 Å². The minimum Gasteiger partial charge on any atom is -0.466 e. The Bertz CT molecular complexity index is 791. The maximum Gasteiger partial charge on any atom is 0.762 e. The third-order valence-corrected chi connectivity index (χ3v) is 7.50. The largest absolute Gasteiger partial charge is 0.762 e. The molecule has 0 aliphatic carbocycles. The maximum atomic E-state index is 12.5. The fraction of sp³-hybridized carbons (Fsp3) is 0.828. The first-order valence-electron chi connectivity index (χ1n) is 14.9. The monoisotopic (exact) mass is 600 g/mol. The van der Waals surface area contributed by atoms with E-state index in [0.29, 0.717) is 36.8 Å². The number of hydrogen-bond donors (Lipinski definition) is 1. The number of carbonyl (C=O) groups is 2. The third-order valence-electron chi connectivity index (χ3n) is 5.43. The number of nitrogens with zero attached hydrogens (tertiary/aromatic N) is 3. The molecule has 0 bridgehead atoms. The molecule has 0 radical (unpaired) electrons. The van der Waals surface area contributed by atoms with E-state index in [1.54, 1.807) is 13.8 Å². The Balaban J connectivity index is 6.02. The van der Waals surface area contributed by atoms with Gasteiger partial charge in [0.2, 0.25) is 0 Å². The Hall–Kier alpha value is -2.47. The molecular weight excluding hydrogens is 544 g/mol. The van der Waals surface area contributed by atoms with Crippen LogP contribution in [0.5, 0.6) is 0 Å². The molecule has 0 saturated heterocycles. The smallest absolute Gasteiger partial charge is 0.466 e. The quantitative estimate of drug-likeness (QED) is 0.0518. The van der Waals surface area contributed by atoms with Gasteiger partial charge in [0.05, 0.1) is 42.8 Å². The zero-order chi connectivity index (χ0) is 31.4. The fourth-order valence-corrected chi connectivity index (χ4v) is 5.83. The minimum atomic E-state index is -3.61. The van der Waals surface area contributed by atoms with E-state index < -0.39 is 26.8 Å². The molecule has 0 aliphatic rings. The molecule has 1 unspecified atom stereocenters. The Morgan fingerprint density at radius 1 is 0.683 bits per heavy atom. The predicted molar refractivity (Wildman–Crippen MR) is 166 cm³/mol. The first-order valence-corrected chi connectivity index (χ1v) is 16.9.